The van der Waals surface area contributed by atoms with Gasteiger partial charge in [0, 0.05) is 20.1 Å². The Balaban J connectivity index is 1.41. The summed E-state index contributed by atoms with van der Waals surface area (Å²) in [6.45, 7) is 1.48. The lowest BCUT2D eigenvalue weighted by Gasteiger charge is -2.33. The van der Waals surface area contributed by atoms with E-state index in [1.807, 2.05) is 24.3 Å². The van der Waals surface area contributed by atoms with Gasteiger partial charge in [-0.2, -0.15) is 0 Å². The molecule has 7 nitrogen and oxygen atoms in total. The summed E-state index contributed by atoms with van der Waals surface area (Å²) in [6, 6.07) is 11.1. The standard InChI is InChI=1S/C20H22N4O3/c1-23(13-18-21-15-7-2-3-8-16(15)22-18)19(25)14-6-4-10-24(12-14)20(26)17-9-5-11-27-17/h2-3,5,7-9,11,14H,4,6,10,12-13H2,1H3,(H,21,22)/t14-/m1/s1. The number of likely N-dealkylation sites (tertiary alicyclic amines) is 1. The highest BCUT2D eigenvalue weighted by molar-refractivity contribution is 5.92. The van der Waals surface area contributed by atoms with Gasteiger partial charge >= 0.3 is 0 Å². The van der Waals surface area contributed by atoms with Crippen molar-refractivity contribution in [2.45, 2.75) is 19.4 Å². The first-order valence-corrected chi connectivity index (χ1v) is 9.13. The van der Waals surface area contributed by atoms with Gasteiger partial charge < -0.3 is 19.2 Å². The van der Waals surface area contributed by atoms with E-state index in [0.717, 1.165) is 29.7 Å². The third kappa shape index (κ3) is 3.58. The largest absolute Gasteiger partial charge is 0.459 e. The number of nitrogens with one attached hydrogen (secondary N) is 1. The van der Waals surface area contributed by atoms with E-state index in [-0.39, 0.29) is 17.7 Å². The van der Waals surface area contributed by atoms with Gasteiger partial charge in [-0.1, -0.05) is 12.1 Å². The second kappa shape index (κ2) is 7.26. The fraction of sp³-hybridized carbons (Fsp3) is 0.350. The zero-order valence-corrected chi connectivity index (χ0v) is 15.2. The number of hydrogen-bond acceptors (Lipinski definition) is 4. The van der Waals surface area contributed by atoms with Crippen LogP contribution in [0.25, 0.3) is 11.0 Å². The maximum Gasteiger partial charge on any atom is 0.289 e. The molecule has 7 heteroatoms. The van der Waals surface area contributed by atoms with Gasteiger partial charge in [0.25, 0.3) is 5.91 Å². The van der Waals surface area contributed by atoms with Crippen LogP contribution in [-0.4, -0.2) is 51.7 Å². The van der Waals surface area contributed by atoms with Gasteiger partial charge in [0.2, 0.25) is 5.91 Å². The normalized spacial score (nSPS) is 17.2. The van der Waals surface area contributed by atoms with Crippen molar-refractivity contribution in [3.05, 3.63) is 54.2 Å². The minimum atomic E-state index is -0.202. The van der Waals surface area contributed by atoms with Crippen LogP contribution in [0.15, 0.2) is 47.1 Å². The number of furan rings is 1. The number of rotatable bonds is 4. The first kappa shape index (κ1) is 17.3. The predicted octanol–water partition coefficient (Wildman–Crippen LogP) is 2.67. The molecule has 1 N–H and O–H groups in total. The van der Waals surface area contributed by atoms with Crippen molar-refractivity contribution in [2.24, 2.45) is 5.92 Å². The summed E-state index contributed by atoms with van der Waals surface area (Å²) in [5.41, 5.74) is 1.85. The third-order valence-corrected chi connectivity index (χ3v) is 4.99. The lowest BCUT2D eigenvalue weighted by molar-refractivity contribution is -0.136. The molecule has 1 aliphatic rings. The van der Waals surface area contributed by atoms with E-state index in [4.69, 9.17) is 4.42 Å². The van der Waals surface area contributed by atoms with E-state index in [1.54, 1.807) is 29.0 Å². The number of hydrogen-bond donors (Lipinski definition) is 1. The number of carbonyl (C=O) groups is 2. The molecule has 0 unspecified atom stereocenters. The molecule has 2 amide bonds. The first-order valence-electron chi connectivity index (χ1n) is 9.13. The zero-order valence-electron chi connectivity index (χ0n) is 15.2. The Morgan fingerprint density at radius 3 is 2.93 bits per heavy atom. The van der Waals surface area contributed by atoms with Crippen molar-refractivity contribution in [3.8, 4) is 0 Å². The highest BCUT2D eigenvalue weighted by Gasteiger charge is 2.31. The predicted molar refractivity (Wildman–Crippen MR) is 99.9 cm³/mol. The van der Waals surface area contributed by atoms with E-state index >= 15 is 0 Å². The Labute approximate surface area is 157 Å². The summed E-state index contributed by atoms with van der Waals surface area (Å²) < 4.78 is 5.20. The Morgan fingerprint density at radius 1 is 1.30 bits per heavy atom. The number of amides is 2. The lowest BCUT2D eigenvalue weighted by Crippen LogP contribution is -2.45. The molecule has 1 atom stereocenters. The molecule has 2 aromatic heterocycles. The van der Waals surface area contributed by atoms with Crippen LogP contribution in [-0.2, 0) is 11.3 Å². The maximum atomic E-state index is 12.9. The summed E-state index contributed by atoms with van der Waals surface area (Å²) in [5.74, 6) is 0.752. The van der Waals surface area contributed by atoms with E-state index in [9.17, 15) is 9.59 Å². The molecular weight excluding hydrogens is 344 g/mol. The minimum absolute atomic E-state index is 0.0346. The average molecular weight is 366 g/mol. The van der Waals surface area contributed by atoms with Crippen molar-refractivity contribution >= 4 is 22.8 Å². The average Bonchev–Trinajstić information content (AvgIpc) is 3.36. The highest BCUT2D eigenvalue weighted by atomic mass is 16.3. The zero-order chi connectivity index (χ0) is 18.8. The van der Waals surface area contributed by atoms with Gasteiger partial charge in [0.15, 0.2) is 5.76 Å². The van der Waals surface area contributed by atoms with Gasteiger partial charge in [0.1, 0.15) is 5.82 Å². The lowest BCUT2D eigenvalue weighted by atomic mass is 9.96. The molecule has 0 radical (unpaired) electrons. The highest BCUT2D eigenvalue weighted by Crippen LogP contribution is 2.21. The number of fused-ring (bicyclic) bond motifs is 1. The molecule has 1 aromatic carbocycles. The van der Waals surface area contributed by atoms with Crippen LogP contribution in [0.2, 0.25) is 0 Å². The number of para-hydroxylation sites is 2. The van der Waals surface area contributed by atoms with Gasteiger partial charge in [0.05, 0.1) is 29.8 Å². The van der Waals surface area contributed by atoms with Crippen LogP contribution in [0.5, 0.6) is 0 Å². The number of piperidine rings is 1. The van der Waals surface area contributed by atoms with Crippen LogP contribution in [0.1, 0.15) is 29.2 Å². The van der Waals surface area contributed by atoms with Gasteiger partial charge in [-0.15, -0.1) is 0 Å². The maximum absolute atomic E-state index is 12.9. The number of H-pyrrole nitrogens is 1. The van der Waals surface area contributed by atoms with Crippen molar-refractivity contribution in [1.29, 1.82) is 0 Å². The van der Waals surface area contributed by atoms with E-state index in [0.29, 0.717) is 25.4 Å². The van der Waals surface area contributed by atoms with Crippen LogP contribution in [0.3, 0.4) is 0 Å². The molecule has 1 fully saturated rings. The number of aromatic amines is 1. The van der Waals surface area contributed by atoms with Gasteiger partial charge in [-0.3, -0.25) is 9.59 Å². The second-order valence-electron chi connectivity index (χ2n) is 6.96. The molecular formula is C20H22N4O3. The summed E-state index contributed by atoms with van der Waals surface area (Å²) >= 11 is 0. The summed E-state index contributed by atoms with van der Waals surface area (Å²) in [6.07, 6.45) is 3.08. The minimum Gasteiger partial charge on any atom is -0.459 e. The topological polar surface area (TPSA) is 82.4 Å². The van der Waals surface area contributed by atoms with Gasteiger partial charge in [-0.25, -0.2) is 4.98 Å². The molecule has 140 valence electrons. The monoisotopic (exact) mass is 366 g/mol. The van der Waals surface area contributed by atoms with Crippen LogP contribution in [0, 0.1) is 5.92 Å². The molecule has 0 bridgehead atoms. The Hall–Kier alpha value is -3.09. The molecule has 1 aliphatic heterocycles. The van der Waals surface area contributed by atoms with Crippen LogP contribution >= 0.6 is 0 Å². The van der Waals surface area contributed by atoms with E-state index < -0.39 is 0 Å². The number of aromatic nitrogens is 2. The summed E-state index contributed by atoms with van der Waals surface area (Å²) in [5, 5.41) is 0. The molecule has 27 heavy (non-hydrogen) atoms. The summed E-state index contributed by atoms with van der Waals surface area (Å²) in [7, 11) is 1.78. The second-order valence-corrected chi connectivity index (χ2v) is 6.96. The van der Waals surface area contributed by atoms with E-state index in [1.165, 1.54) is 6.26 Å². The quantitative estimate of drug-likeness (QED) is 0.770. The number of imidazole rings is 1. The molecule has 4 rings (SSSR count). The fourth-order valence-electron chi connectivity index (χ4n) is 3.61. The number of benzene rings is 1. The van der Waals surface area contributed by atoms with Crippen molar-refractivity contribution in [1.82, 2.24) is 19.8 Å². The summed E-state index contributed by atoms with van der Waals surface area (Å²) in [4.78, 5) is 36.5. The van der Waals surface area contributed by atoms with Crippen molar-refractivity contribution in [3.63, 3.8) is 0 Å². The molecule has 3 aromatic rings. The Kier molecular flexibility index (Phi) is 4.66. The first-order chi connectivity index (χ1) is 13.1. The Morgan fingerprint density at radius 2 is 2.15 bits per heavy atom. The molecule has 1 saturated heterocycles. The van der Waals surface area contributed by atoms with E-state index in [2.05, 4.69) is 9.97 Å². The van der Waals surface area contributed by atoms with Crippen LogP contribution in [0.4, 0.5) is 0 Å². The molecule has 0 spiro atoms. The Bertz CT molecular complexity index is 914. The number of carbonyl (C=O) groups excluding carboxylic acids is 2. The molecule has 0 saturated carbocycles. The van der Waals surface area contributed by atoms with Crippen LogP contribution < -0.4 is 0 Å². The smallest absolute Gasteiger partial charge is 0.289 e. The molecule has 3 heterocycles. The SMILES string of the molecule is CN(Cc1nc2ccccc2[nH]1)C(=O)[C@@H]1CCCN(C(=O)c2ccco2)C1. The number of nitrogens with zero attached hydrogens (tertiary/aromatic N) is 3. The van der Waals surface area contributed by atoms with Crippen molar-refractivity contribution < 1.29 is 14.0 Å². The van der Waals surface area contributed by atoms with Gasteiger partial charge in [-0.05, 0) is 37.1 Å². The molecule has 0 aliphatic carbocycles. The fourth-order valence-corrected chi connectivity index (χ4v) is 3.61. The van der Waals surface area contributed by atoms with Crippen molar-refractivity contribution in [2.75, 3.05) is 20.1 Å². The third-order valence-electron chi connectivity index (χ3n) is 4.99.